The zero-order valence-electron chi connectivity index (χ0n) is 24.8. The van der Waals surface area contributed by atoms with Crippen LogP contribution in [0.3, 0.4) is 0 Å². The van der Waals surface area contributed by atoms with Crippen LogP contribution in [0, 0.1) is 31.1 Å². The van der Waals surface area contributed by atoms with Gasteiger partial charge in [-0.25, -0.2) is 4.98 Å². The normalized spacial score (nSPS) is 19.9. The van der Waals surface area contributed by atoms with Crippen molar-refractivity contribution in [1.82, 2.24) is 20.1 Å². The van der Waals surface area contributed by atoms with E-state index in [0.29, 0.717) is 49.0 Å². The number of hydrogen-bond donors (Lipinski definition) is 2. The first-order valence-electron chi connectivity index (χ1n) is 14.1. The Morgan fingerprint density at radius 2 is 1.80 bits per heavy atom. The minimum atomic E-state index is 0.0277. The fourth-order valence-corrected chi connectivity index (χ4v) is 6.60. The van der Waals surface area contributed by atoms with E-state index in [2.05, 4.69) is 49.4 Å². The third-order valence-corrected chi connectivity index (χ3v) is 10.5. The predicted molar refractivity (Wildman–Crippen MR) is 163 cm³/mol. The SMILES string of the molecule is CC(=O)N1CCN(C(=O)c2cc(CSc3cnc(NC(=O)[C@@H]4C[C@H]4CNC(C)C(C)(C)C)s3)cc(C)c2C)CC1. The molecule has 2 aromatic rings. The summed E-state index contributed by atoms with van der Waals surface area (Å²) in [6.07, 6.45) is 2.73. The number of hydrogen-bond acceptors (Lipinski definition) is 7. The molecule has 1 aromatic heterocycles. The molecule has 1 aliphatic carbocycles. The van der Waals surface area contributed by atoms with Crippen LogP contribution in [0.2, 0.25) is 0 Å². The molecule has 1 unspecified atom stereocenters. The highest BCUT2D eigenvalue weighted by atomic mass is 32.2. The van der Waals surface area contributed by atoms with Crippen LogP contribution in [-0.4, -0.2) is 71.3 Å². The molecule has 1 aliphatic heterocycles. The monoisotopic (exact) mass is 585 g/mol. The van der Waals surface area contributed by atoms with Gasteiger partial charge in [0, 0.05) is 56.4 Å². The lowest BCUT2D eigenvalue weighted by molar-refractivity contribution is -0.130. The number of aromatic nitrogens is 1. The molecule has 1 saturated heterocycles. The van der Waals surface area contributed by atoms with E-state index in [1.165, 1.54) is 11.3 Å². The van der Waals surface area contributed by atoms with E-state index >= 15 is 0 Å². The van der Waals surface area contributed by atoms with E-state index in [9.17, 15) is 14.4 Å². The van der Waals surface area contributed by atoms with Crippen molar-refractivity contribution < 1.29 is 14.4 Å². The molecule has 0 bridgehead atoms. The molecule has 0 radical (unpaired) electrons. The number of thiazole rings is 1. The standard InChI is InChI=1S/C30H43N5O3S2/c1-18-12-22(13-24(19(18)2)28(38)35-10-8-34(9-11-35)21(4)36)17-39-26-16-32-29(40-26)33-27(37)25-14-23(25)15-31-20(3)30(5,6)7/h12-13,16,20,23,25,31H,8-11,14-15,17H2,1-7H3,(H,32,33,37)/t20?,23-,25+/m0/s1. The van der Waals surface area contributed by atoms with Crippen LogP contribution in [-0.2, 0) is 15.3 Å². The first-order chi connectivity index (χ1) is 18.8. The fourth-order valence-electron chi connectivity index (χ4n) is 4.80. The minimum Gasteiger partial charge on any atom is -0.339 e. The molecule has 2 N–H and O–H groups in total. The number of carbonyl (C=O) groups is 3. The van der Waals surface area contributed by atoms with Gasteiger partial charge in [0.15, 0.2) is 5.13 Å². The molecule has 218 valence electrons. The molecular weight excluding hydrogens is 542 g/mol. The second-order valence-corrected chi connectivity index (χ2v) is 14.6. The summed E-state index contributed by atoms with van der Waals surface area (Å²) >= 11 is 3.15. The number of amides is 3. The van der Waals surface area contributed by atoms with Gasteiger partial charge in [-0.2, -0.15) is 0 Å². The number of piperazine rings is 1. The van der Waals surface area contributed by atoms with Crippen molar-refractivity contribution in [3.63, 3.8) is 0 Å². The van der Waals surface area contributed by atoms with Crippen molar-refractivity contribution in [3.05, 3.63) is 40.6 Å². The van der Waals surface area contributed by atoms with Crippen LogP contribution in [0.5, 0.6) is 0 Å². The molecule has 0 spiro atoms. The van der Waals surface area contributed by atoms with Crippen molar-refractivity contribution in [2.75, 3.05) is 38.0 Å². The number of benzene rings is 1. The molecule has 2 aliphatic rings. The van der Waals surface area contributed by atoms with Crippen molar-refractivity contribution in [2.24, 2.45) is 17.3 Å². The Morgan fingerprint density at radius 1 is 1.12 bits per heavy atom. The van der Waals surface area contributed by atoms with E-state index in [1.807, 2.05) is 31.0 Å². The van der Waals surface area contributed by atoms with Gasteiger partial charge in [-0.15, -0.1) is 11.8 Å². The lowest BCUT2D eigenvalue weighted by Crippen LogP contribution is -2.50. The molecule has 4 rings (SSSR count). The third kappa shape index (κ3) is 7.64. The maximum Gasteiger partial charge on any atom is 0.254 e. The first-order valence-corrected chi connectivity index (χ1v) is 15.9. The molecule has 8 nitrogen and oxygen atoms in total. The van der Waals surface area contributed by atoms with Crippen LogP contribution in [0.1, 0.15) is 68.1 Å². The van der Waals surface area contributed by atoms with Crippen molar-refractivity contribution in [3.8, 4) is 0 Å². The van der Waals surface area contributed by atoms with Gasteiger partial charge in [-0.05, 0) is 67.8 Å². The Labute approximate surface area is 246 Å². The minimum absolute atomic E-state index is 0.0277. The van der Waals surface area contributed by atoms with Crippen molar-refractivity contribution >= 4 is 46.0 Å². The number of rotatable bonds is 9. The highest BCUT2D eigenvalue weighted by molar-refractivity contribution is 8.00. The number of nitrogens with one attached hydrogen (secondary N) is 2. The molecule has 3 atom stereocenters. The molecule has 1 aromatic carbocycles. The smallest absolute Gasteiger partial charge is 0.254 e. The molecule has 1 saturated carbocycles. The number of thioether (sulfide) groups is 1. The maximum absolute atomic E-state index is 13.3. The average Bonchev–Trinajstić information content (AvgIpc) is 3.56. The van der Waals surface area contributed by atoms with Crippen molar-refractivity contribution in [2.45, 2.75) is 70.9 Å². The highest BCUT2D eigenvalue weighted by Gasteiger charge is 2.43. The van der Waals surface area contributed by atoms with E-state index in [0.717, 1.165) is 39.4 Å². The maximum atomic E-state index is 13.3. The zero-order valence-corrected chi connectivity index (χ0v) is 26.4. The van der Waals surface area contributed by atoms with E-state index < -0.39 is 0 Å². The van der Waals surface area contributed by atoms with Crippen LogP contribution >= 0.6 is 23.1 Å². The van der Waals surface area contributed by atoms with Crippen LogP contribution in [0.15, 0.2) is 22.5 Å². The van der Waals surface area contributed by atoms with Gasteiger partial charge in [0.2, 0.25) is 11.8 Å². The molecule has 2 fully saturated rings. The van der Waals surface area contributed by atoms with E-state index in [4.69, 9.17) is 0 Å². The lowest BCUT2D eigenvalue weighted by Gasteiger charge is -2.34. The topological polar surface area (TPSA) is 94.6 Å². The lowest BCUT2D eigenvalue weighted by atomic mass is 9.88. The summed E-state index contributed by atoms with van der Waals surface area (Å²) in [6, 6.07) is 4.53. The summed E-state index contributed by atoms with van der Waals surface area (Å²) in [6.45, 7) is 17.6. The third-order valence-electron chi connectivity index (χ3n) is 8.31. The van der Waals surface area contributed by atoms with Gasteiger partial charge < -0.3 is 20.4 Å². The van der Waals surface area contributed by atoms with Gasteiger partial charge >= 0.3 is 0 Å². The molecule has 2 heterocycles. The Kier molecular flexibility index (Phi) is 9.62. The Bertz CT molecular complexity index is 1250. The van der Waals surface area contributed by atoms with E-state index in [-0.39, 0.29) is 29.1 Å². The van der Waals surface area contributed by atoms with Gasteiger partial charge in [0.05, 0.1) is 10.4 Å². The predicted octanol–water partition coefficient (Wildman–Crippen LogP) is 4.96. The molecule has 3 amide bonds. The number of carbonyl (C=O) groups excluding carboxylic acids is 3. The number of nitrogens with zero attached hydrogens (tertiary/aromatic N) is 3. The summed E-state index contributed by atoms with van der Waals surface area (Å²) in [7, 11) is 0. The average molecular weight is 586 g/mol. The summed E-state index contributed by atoms with van der Waals surface area (Å²) in [5, 5.41) is 7.22. The van der Waals surface area contributed by atoms with Crippen LogP contribution < -0.4 is 10.6 Å². The summed E-state index contributed by atoms with van der Waals surface area (Å²) < 4.78 is 1.02. The second kappa shape index (κ2) is 12.6. The molecule has 40 heavy (non-hydrogen) atoms. The Hall–Kier alpha value is -2.43. The zero-order chi connectivity index (χ0) is 29.2. The first kappa shape index (κ1) is 30.5. The van der Waals surface area contributed by atoms with Crippen LogP contribution in [0.4, 0.5) is 5.13 Å². The summed E-state index contributed by atoms with van der Waals surface area (Å²) in [4.78, 5) is 45.8. The van der Waals surface area contributed by atoms with E-state index in [1.54, 1.807) is 23.6 Å². The Morgan fingerprint density at radius 3 is 2.45 bits per heavy atom. The quantitative estimate of drug-likeness (QED) is 0.404. The summed E-state index contributed by atoms with van der Waals surface area (Å²) in [5.74, 6) is 1.29. The van der Waals surface area contributed by atoms with Crippen LogP contribution in [0.25, 0.3) is 0 Å². The Balaban J connectivity index is 1.29. The highest BCUT2D eigenvalue weighted by Crippen LogP contribution is 2.40. The van der Waals surface area contributed by atoms with Gasteiger partial charge in [-0.3, -0.25) is 14.4 Å². The fraction of sp³-hybridized carbons (Fsp3) is 0.600. The second-order valence-electron chi connectivity index (χ2n) is 12.2. The molecular formula is C30H43N5O3S2. The largest absolute Gasteiger partial charge is 0.339 e. The molecule has 10 heteroatoms. The summed E-state index contributed by atoms with van der Waals surface area (Å²) in [5.41, 5.74) is 4.09. The van der Waals surface area contributed by atoms with Crippen molar-refractivity contribution in [1.29, 1.82) is 0 Å². The van der Waals surface area contributed by atoms with Gasteiger partial charge in [-0.1, -0.05) is 38.2 Å². The van der Waals surface area contributed by atoms with Gasteiger partial charge in [0.25, 0.3) is 5.91 Å². The number of aryl methyl sites for hydroxylation is 1. The number of anilines is 1. The van der Waals surface area contributed by atoms with Gasteiger partial charge in [0.1, 0.15) is 0 Å².